The van der Waals surface area contributed by atoms with Crippen molar-refractivity contribution in [3.63, 3.8) is 0 Å². The zero-order valence-corrected chi connectivity index (χ0v) is 15.0. The summed E-state index contributed by atoms with van der Waals surface area (Å²) in [5.41, 5.74) is 9.21. The van der Waals surface area contributed by atoms with Gasteiger partial charge in [-0.15, -0.1) is 17.5 Å². The maximum absolute atomic E-state index is 12.1. The van der Waals surface area contributed by atoms with E-state index >= 15 is 0 Å². The first kappa shape index (κ1) is 18.8. The number of nitrogens with two attached hydrogens (primary N) is 1. The lowest BCUT2D eigenvalue weighted by Gasteiger charge is -2.10. The minimum absolute atomic E-state index is 0. The lowest BCUT2D eigenvalue weighted by Crippen LogP contribution is -2.14. The van der Waals surface area contributed by atoms with Gasteiger partial charge in [-0.05, 0) is 38.0 Å². The van der Waals surface area contributed by atoms with Gasteiger partial charge in [0.05, 0.1) is 6.54 Å². The number of amides is 1. The molecule has 3 rings (SSSR count). The van der Waals surface area contributed by atoms with Crippen molar-refractivity contribution in [1.82, 2.24) is 19.6 Å². The molecular weight excluding hydrogens is 340 g/mol. The summed E-state index contributed by atoms with van der Waals surface area (Å²) in [6, 6.07) is 9.43. The average molecular weight is 361 g/mol. The molecule has 0 fully saturated rings. The van der Waals surface area contributed by atoms with E-state index in [0.717, 1.165) is 22.6 Å². The molecule has 3 N–H and O–H groups in total. The van der Waals surface area contributed by atoms with Crippen LogP contribution in [0.3, 0.4) is 0 Å². The maximum Gasteiger partial charge on any atom is 0.252 e. The predicted octanol–water partition coefficient (Wildman–Crippen LogP) is 2.19. The van der Waals surface area contributed by atoms with Gasteiger partial charge in [-0.3, -0.25) is 4.79 Å². The smallest absolute Gasteiger partial charge is 0.252 e. The number of benzene rings is 1. The van der Waals surface area contributed by atoms with Gasteiger partial charge in [0.15, 0.2) is 5.82 Å². The zero-order chi connectivity index (χ0) is 17.1. The molecule has 0 saturated heterocycles. The van der Waals surface area contributed by atoms with Crippen molar-refractivity contribution in [2.24, 2.45) is 5.73 Å². The number of fused-ring (bicyclic) bond motifs is 1. The van der Waals surface area contributed by atoms with Crippen LogP contribution in [-0.2, 0) is 17.8 Å². The first-order valence-corrected chi connectivity index (χ1v) is 7.85. The lowest BCUT2D eigenvalue weighted by atomic mass is 10.1. The van der Waals surface area contributed by atoms with Gasteiger partial charge in [-0.2, -0.15) is 4.98 Å². The molecule has 2 heterocycles. The number of nitrogens with one attached hydrogen (secondary N) is 1. The number of carbonyl (C=O) groups excluding carboxylic acids is 1. The van der Waals surface area contributed by atoms with Crippen molar-refractivity contribution in [2.75, 3.05) is 5.32 Å². The SMILES string of the molecule is Cc1nc2nc(CN)nn2c(C)c1CCC(=O)Nc1ccccc1.Cl. The summed E-state index contributed by atoms with van der Waals surface area (Å²) >= 11 is 0. The van der Waals surface area contributed by atoms with Crippen LogP contribution in [0.5, 0.6) is 0 Å². The third-order valence-electron chi connectivity index (χ3n) is 3.93. The maximum atomic E-state index is 12.1. The fourth-order valence-corrected chi connectivity index (χ4v) is 2.68. The number of aryl methyl sites for hydroxylation is 2. The molecule has 0 saturated carbocycles. The fraction of sp³-hybridized carbons (Fsp3) is 0.294. The van der Waals surface area contributed by atoms with Gasteiger partial charge >= 0.3 is 0 Å². The highest BCUT2D eigenvalue weighted by molar-refractivity contribution is 5.90. The highest BCUT2D eigenvalue weighted by atomic mass is 35.5. The van der Waals surface area contributed by atoms with Crippen LogP contribution in [0, 0.1) is 13.8 Å². The molecule has 8 heteroatoms. The van der Waals surface area contributed by atoms with Gasteiger partial charge in [0.1, 0.15) is 0 Å². The number of carbonyl (C=O) groups is 1. The molecule has 2 aromatic heterocycles. The molecule has 0 aliphatic carbocycles. The second-order valence-corrected chi connectivity index (χ2v) is 5.62. The number of nitrogens with zero attached hydrogens (tertiary/aromatic N) is 4. The molecule has 0 atom stereocenters. The Morgan fingerprint density at radius 3 is 2.60 bits per heavy atom. The van der Waals surface area contributed by atoms with E-state index in [1.54, 1.807) is 4.52 Å². The molecule has 0 aliphatic rings. The Bertz CT molecular complexity index is 878. The Morgan fingerprint density at radius 1 is 1.20 bits per heavy atom. The largest absolute Gasteiger partial charge is 0.326 e. The summed E-state index contributed by atoms with van der Waals surface area (Å²) in [7, 11) is 0. The minimum atomic E-state index is -0.0265. The van der Waals surface area contributed by atoms with Crippen LogP contribution in [0.4, 0.5) is 5.69 Å². The Hall–Kier alpha value is -2.51. The topological polar surface area (TPSA) is 98.2 Å². The van der Waals surface area contributed by atoms with Gasteiger partial charge in [-0.25, -0.2) is 9.50 Å². The zero-order valence-electron chi connectivity index (χ0n) is 14.2. The molecule has 0 radical (unpaired) electrons. The number of anilines is 1. The van der Waals surface area contributed by atoms with Crippen LogP contribution in [0.25, 0.3) is 5.78 Å². The van der Waals surface area contributed by atoms with Gasteiger partial charge in [-0.1, -0.05) is 18.2 Å². The number of aromatic nitrogens is 4. The predicted molar refractivity (Wildman–Crippen MR) is 98.8 cm³/mol. The highest BCUT2D eigenvalue weighted by Crippen LogP contribution is 2.16. The van der Waals surface area contributed by atoms with E-state index in [1.165, 1.54) is 0 Å². The average Bonchev–Trinajstić information content (AvgIpc) is 2.99. The van der Waals surface area contributed by atoms with Crippen molar-refractivity contribution < 1.29 is 4.79 Å². The number of rotatable bonds is 5. The Morgan fingerprint density at radius 2 is 1.92 bits per heavy atom. The number of hydrogen-bond donors (Lipinski definition) is 2. The van der Waals surface area contributed by atoms with Gasteiger partial charge in [0.25, 0.3) is 5.78 Å². The van der Waals surface area contributed by atoms with Crippen molar-refractivity contribution in [3.8, 4) is 0 Å². The van der Waals surface area contributed by atoms with E-state index in [4.69, 9.17) is 5.73 Å². The van der Waals surface area contributed by atoms with E-state index in [1.807, 2.05) is 44.2 Å². The molecule has 0 aliphatic heterocycles. The van der Waals surface area contributed by atoms with Crippen LogP contribution in [0.2, 0.25) is 0 Å². The molecule has 1 amide bonds. The summed E-state index contributed by atoms with van der Waals surface area (Å²) in [4.78, 5) is 20.9. The summed E-state index contributed by atoms with van der Waals surface area (Å²) in [5, 5.41) is 7.24. The second kappa shape index (κ2) is 8.04. The first-order chi connectivity index (χ1) is 11.6. The van der Waals surface area contributed by atoms with Crippen LogP contribution in [-0.4, -0.2) is 25.5 Å². The van der Waals surface area contributed by atoms with E-state index in [-0.39, 0.29) is 24.9 Å². The molecule has 25 heavy (non-hydrogen) atoms. The minimum Gasteiger partial charge on any atom is -0.326 e. The van der Waals surface area contributed by atoms with E-state index in [2.05, 4.69) is 20.4 Å². The Labute approximate surface area is 152 Å². The molecule has 0 spiro atoms. The molecule has 0 unspecified atom stereocenters. The van der Waals surface area contributed by atoms with Crippen LogP contribution in [0.15, 0.2) is 30.3 Å². The van der Waals surface area contributed by atoms with Crippen molar-refractivity contribution in [2.45, 2.75) is 33.2 Å². The summed E-state index contributed by atoms with van der Waals surface area (Å²) in [5.74, 6) is 1.08. The van der Waals surface area contributed by atoms with Crippen LogP contribution in [0.1, 0.15) is 29.2 Å². The summed E-state index contributed by atoms with van der Waals surface area (Å²) < 4.78 is 1.69. The fourth-order valence-electron chi connectivity index (χ4n) is 2.68. The van der Waals surface area contributed by atoms with Gasteiger partial charge < -0.3 is 11.1 Å². The third-order valence-corrected chi connectivity index (χ3v) is 3.93. The molecular formula is C17H21ClN6O. The number of halogens is 1. The Balaban J connectivity index is 0.00000225. The number of para-hydroxylation sites is 1. The van der Waals surface area contributed by atoms with Crippen LogP contribution < -0.4 is 11.1 Å². The lowest BCUT2D eigenvalue weighted by molar-refractivity contribution is -0.116. The molecule has 1 aromatic carbocycles. The Kier molecular flexibility index (Phi) is 6.06. The summed E-state index contributed by atoms with van der Waals surface area (Å²) in [6.07, 6.45) is 0.972. The van der Waals surface area contributed by atoms with Crippen molar-refractivity contribution in [1.29, 1.82) is 0 Å². The highest BCUT2D eigenvalue weighted by Gasteiger charge is 2.14. The standard InChI is InChI=1S/C17H20N6O.ClH/c1-11-14(8-9-16(24)20-13-6-4-3-5-7-13)12(2)23-17(19-11)21-15(10-18)22-23;/h3-7H,8-10,18H2,1-2H3,(H,20,24);1H. The molecule has 7 nitrogen and oxygen atoms in total. The van der Waals surface area contributed by atoms with Gasteiger partial charge in [0, 0.05) is 23.5 Å². The van der Waals surface area contributed by atoms with E-state index < -0.39 is 0 Å². The number of hydrogen-bond acceptors (Lipinski definition) is 5. The van der Waals surface area contributed by atoms with Crippen molar-refractivity contribution >= 4 is 29.8 Å². The van der Waals surface area contributed by atoms with Crippen LogP contribution >= 0.6 is 12.4 Å². The summed E-state index contributed by atoms with van der Waals surface area (Å²) in [6.45, 7) is 4.16. The molecule has 3 aromatic rings. The van der Waals surface area contributed by atoms with E-state index in [0.29, 0.717) is 24.4 Å². The molecule has 0 bridgehead atoms. The molecule has 132 valence electrons. The van der Waals surface area contributed by atoms with Gasteiger partial charge in [0.2, 0.25) is 5.91 Å². The normalized spacial score (nSPS) is 10.5. The third kappa shape index (κ3) is 4.12. The second-order valence-electron chi connectivity index (χ2n) is 5.62. The quantitative estimate of drug-likeness (QED) is 0.726. The monoisotopic (exact) mass is 360 g/mol. The first-order valence-electron chi connectivity index (χ1n) is 7.85. The van der Waals surface area contributed by atoms with Crippen molar-refractivity contribution in [3.05, 3.63) is 53.1 Å². The van der Waals surface area contributed by atoms with E-state index in [9.17, 15) is 4.79 Å².